The maximum Gasteiger partial charge on any atom is 0.0931 e. The van der Waals surface area contributed by atoms with Gasteiger partial charge in [-0.15, -0.1) is 0 Å². The van der Waals surface area contributed by atoms with Gasteiger partial charge in [0.2, 0.25) is 0 Å². The zero-order valence-corrected chi connectivity index (χ0v) is 7.42. The van der Waals surface area contributed by atoms with E-state index in [1.165, 1.54) is 0 Å². The number of para-hydroxylation sites is 2. The van der Waals surface area contributed by atoms with Crippen molar-refractivity contribution in [2.24, 2.45) is 0 Å². The normalized spacial score (nSPS) is 9.20. The molecular formula is C7H6N2Pt. The second kappa shape index (κ2) is 2.98. The SMILES string of the molecule is [Pt].c1ccc2[nH]cnc2c1. The van der Waals surface area contributed by atoms with Crippen LogP contribution in [0.1, 0.15) is 0 Å². The molecule has 0 radical (unpaired) electrons. The molecule has 0 aliphatic carbocycles. The molecule has 54 valence electrons. The first-order valence-electron chi connectivity index (χ1n) is 2.85. The van der Waals surface area contributed by atoms with E-state index in [0.717, 1.165) is 11.0 Å². The van der Waals surface area contributed by atoms with Crippen LogP contribution in [0.25, 0.3) is 11.0 Å². The Kier molecular flexibility index (Phi) is 2.23. The summed E-state index contributed by atoms with van der Waals surface area (Å²) in [6.45, 7) is 0. The van der Waals surface area contributed by atoms with Gasteiger partial charge in [0.1, 0.15) is 0 Å². The minimum Gasteiger partial charge on any atom is -0.345 e. The van der Waals surface area contributed by atoms with Crippen molar-refractivity contribution in [1.82, 2.24) is 9.97 Å². The molecule has 1 aromatic carbocycles. The number of nitrogens with zero attached hydrogens (tertiary/aromatic N) is 1. The van der Waals surface area contributed by atoms with Gasteiger partial charge in [-0.05, 0) is 12.1 Å². The van der Waals surface area contributed by atoms with Crippen LogP contribution in [0.4, 0.5) is 0 Å². The van der Waals surface area contributed by atoms with Gasteiger partial charge in [0.25, 0.3) is 0 Å². The molecule has 1 N–H and O–H groups in total. The molecule has 0 saturated carbocycles. The molecule has 3 heteroatoms. The Morgan fingerprint density at radius 1 is 1.20 bits per heavy atom. The summed E-state index contributed by atoms with van der Waals surface area (Å²) in [7, 11) is 0. The molecule has 1 heterocycles. The quantitative estimate of drug-likeness (QED) is 0.786. The summed E-state index contributed by atoms with van der Waals surface area (Å²) >= 11 is 0. The van der Waals surface area contributed by atoms with E-state index in [0.29, 0.717) is 0 Å². The van der Waals surface area contributed by atoms with Gasteiger partial charge in [-0.2, -0.15) is 0 Å². The Hall–Kier alpha value is -0.622. The van der Waals surface area contributed by atoms with Crippen LogP contribution in [0.3, 0.4) is 0 Å². The number of nitrogens with one attached hydrogen (secondary N) is 1. The van der Waals surface area contributed by atoms with Crippen LogP contribution in [0.15, 0.2) is 30.6 Å². The summed E-state index contributed by atoms with van der Waals surface area (Å²) in [6.07, 6.45) is 1.70. The Morgan fingerprint density at radius 2 is 2.00 bits per heavy atom. The number of imidazole rings is 1. The Balaban J connectivity index is 0.000000500. The van der Waals surface area contributed by atoms with Crippen molar-refractivity contribution in [1.29, 1.82) is 0 Å². The van der Waals surface area contributed by atoms with Crippen LogP contribution in [0.5, 0.6) is 0 Å². The topological polar surface area (TPSA) is 28.7 Å². The minimum absolute atomic E-state index is 0. The summed E-state index contributed by atoms with van der Waals surface area (Å²) < 4.78 is 0. The van der Waals surface area contributed by atoms with Gasteiger partial charge in [0.15, 0.2) is 0 Å². The smallest absolute Gasteiger partial charge is 0.0931 e. The third-order valence-electron chi connectivity index (χ3n) is 1.33. The van der Waals surface area contributed by atoms with Crippen molar-refractivity contribution in [2.45, 2.75) is 0 Å². The number of fused-ring (bicyclic) bond motifs is 1. The average molecular weight is 313 g/mol. The average Bonchev–Trinajstić information content (AvgIpc) is 2.33. The van der Waals surface area contributed by atoms with Gasteiger partial charge >= 0.3 is 0 Å². The molecule has 2 rings (SSSR count). The van der Waals surface area contributed by atoms with E-state index in [2.05, 4.69) is 9.97 Å². The standard InChI is InChI=1S/C7H6N2.Pt/c1-2-4-7-6(3-1)8-5-9-7;/h1-5H,(H,8,9);. The minimum atomic E-state index is 0. The Bertz CT molecular complexity index is 286. The summed E-state index contributed by atoms with van der Waals surface area (Å²) in [5, 5.41) is 0. The molecule has 0 spiro atoms. The predicted octanol–water partition coefficient (Wildman–Crippen LogP) is 1.56. The maximum atomic E-state index is 4.06. The first-order chi connectivity index (χ1) is 4.47. The molecule has 0 amide bonds. The number of aromatic amines is 1. The first kappa shape index (κ1) is 7.48. The number of aromatic nitrogens is 2. The molecular weight excluding hydrogens is 307 g/mol. The second-order valence-electron chi connectivity index (χ2n) is 1.92. The fourth-order valence-electron chi connectivity index (χ4n) is 0.880. The van der Waals surface area contributed by atoms with Crippen LogP contribution in [0, 0.1) is 0 Å². The molecule has 0 atom stereocenters. The summed E-state index contributed by atoms with van der Waals surface area (Å²) in [4.78, 5) is 7.07. The summed E-state index contributed by atoms with van der Waals surface area (Å²) in [6, 6.07) is 7.94. The second-order valence-corrected chi connectivity index (χ2v) is 1.92. The van der Waals surface area contributed by atoms with Crippen LogP contribution in [-0.2, 0) is 21.1 Å². The van der Waals surface area contributed by atoms with E-state index < -0.39 is 0 Å². The third kappa shape index (κ3) is 1.12. The molecule has 0 aliphatic rings. The Morgan fingerprint density at radius 3 is 2.80 bits per heavy atom. The van der Waals surface area contributed by atoms with Gasteiger partial charge in [-0.3, -0.25) is 0 Å². The van der Waals surface area contributed by atoms with Crippen LogP contribution < -0.4 is 0 Å². The van der Waals surface area contributed by atoms with E-state index in [9.17, 15) is 0 Å². The molecule has 0 unspecified atom stereocenters. The van der Waals surface area contributed by atoms with Gasteiger partial charge in [-0.1, -0.05) is 12.1 Å². The molecule has 2 aromatic rings. The van der Waals surface area contributed by atoms with Crippen molar-refractivity contribution in [2.75, 3.05) is 0 Å². The van der Waals surface area contributed by atoms with Crippen LogP contribution >= 0.6 is 0 Å². The number of rotatable bonds is 0. The van der Waals surface area contributed by atoms with E-state index >= 15 is 0 Å². The zero-order chi connectivity index (χ0) is 6.10. The fraction of sp³-hybridized carbons (Fsp3) is 0. The van der Waals surface area contributed by atoms with Crippen molar-refractivity contribution < 1.29 is 21.1 Å². The monoisotopic (exact) mass is 313 g/mol. The maximum absolute atomic E-state index is 4.06. The van der Waals surface area contributed by atoms with Crippen LogP contribution in [0.2, 0.25) is 0 Å². The summed E-state index contributed by atoms with van der Waals surface area (Å²) in [5.41, 5.74) is 2.12. The molecule has 0 bridgehead atoms. The largest absolute Gasteiger partial charge is 0.345 e. The van der Waals surface area contributed by atoms with E-state index in [-0.39, 0.29) is 21.1 Å². The molecule has 1 aromatic heterocycles. The summed E-state index contributed by atoms with van der Waals surface area (Å²) in [5.74, 6) is 0. The van der Waals surface area contributed by atoms with Gasteiger partial charge in [0, 0.05) is 21.1 Å². The van der Waals surface area contributed by atoms with Crippen molar-refractivity contribution in [3.05, 3.63) is 30.6 Å². The number of H-pyrrole nitrogens is 1. The number of benzene rings is 1. The Labute approximate surface area is 72.9 Å². The van der Waals surface area contributed by atoms with E-state index in [4.69, 9.17) is 0 Å². The molecule has 0 aliphatic heterocycles. The van der Waals surface area contributed by atoms with E-state index in [1.807, 2.05) is 24.3 Å². The number of hydrogen-bond donors (Lipinski definition) is 1. The van der Waals surface area contributed by atoms with Gasteiger partial charge in [0.05, 0.1) is 17.4 Å². The third-order valence-corrected chi connectivity index (χ3v) is 1.33. The molecule has 10 heavy (non-hydrogen) atoms. The van der Waals surface area contributed by atoms with Gasteiger partial charge < -0.3 is 4.98 Å². The molecule has 0 saturated heterocycles. The zero-order valence-electron chi connectivity index (χ0n) is 5.15. The number of hydrogen-bond acceptors (Lipinski definition) is 1. The molecule has 0 fully saturated rings. The molecule has 2 nitrogen and oxygen atoms in total. The fourth-order valence-corrected chi connectivity index (χ4v) is 0.880. The predicted molar refractivity (Wildman–Crippen MR) is 36.1 cm³/mol. The van der Waals surface area contributed by atoms with Crippen molar-refractivity contribution >= 4 is 11.0 Å². The van der Waals surface area contributed by atoms with Crippen molar-refractivity contribution in [3.8, 4) is 0 Å². The van der Waals surface area contributed by atoms with Gasteiger partial charge in [-0.25, -0.2) is 4.98 Å². The van der Waals surface area contributed by atoms with Crippen molar-refractivity contribution in [3.63, 3.8) is 0 Å². The van der Waals surface area contributed by atoms with E-state index in [1.54, 1.807) is 6.33 Å². The first-order valence-corrected chi connectivity index (χ1v) is 2.85. The van der Waals surface area contributed by atoms with Crippen LogP contribution in [-0.4, -0.2) is 9.97 Å².